The number of carboxylic acid groups (broad SMARTS) is 1. The van der Waals surface area contributed by atoms with Crippen molar-refractivity contribution in [3.63, 3.8) is 0 Å². The fraction of sp³-hybridized carbons (Fsp3) is 0.500. The molecule has 0 radical (unpaired) electrons. The molecule has 3 rings (SSSR count). The summed E-state index contributed by atoms with van der Waals surface area (Å²) in [6, 6.07) is 8.05. The Labute approximate surface area is 131 Å². The number of piperidine rings is 1. The summed E-state index contributed by atoms with van der Waals surface area (Å²) in [5.74, 6) is -0.777. The van der Waals surface area contributed by atoms with E-state index in [-0.39, 0.29) is 6.42 Å². The Bertz CT molecular complexity index is 642. The highest BCUT2D eigenvalue weighted by Gasteiger charge is 2.10. The molecule has 4 nitrogen and oxygen atoms in total. The molecule has 0 bridgehead atoms. The van der Waals surface area contributed by atoms with Gasteiger partial charge in [0, 0.05) is 18.3 Å². The highest BCUT2D eigenvalue weighted by Crippen LogP contribution is 2.19. The average molecular weight is 300 g/mol. The number of fused-ring (bicyclic) bond motifs is 1. The van der Waals surface area contributed by atoms with Gasteiger partial charge in [-0.15, -0.1) is 0 Å². The molecule has 1 aromatic carbocycles. The number of benzene rings is 1. The smallest absolute Gasteiger partial charge is 0.307 e. The minimum absolute atomic E-state index is 0.0933. The Kier molecular flexibility index (Phi) is 4.78. The van der Waals surface area contributed by atoms with Gasteiger partial charge in [0.1, 0.15) is 0 Å². The van der Waals surface area contributed by atoms with E-state index in [4.69, 9.17) is 5.11 Å². The Balaban J connectivity index is 1.60. The maximum Gasteiger partial charge on any atom is 0.307 e. The first kappa shape index (κ1) is 15.1. The summed E-state index contributed by atoms with van der Waals surface area (Å²) in [6.45, 7) is 4.71. The predicted molar refractivity (Wildman–Crippen MR) is 88.2 cm³/mol. The van der Waals surface area contributed by atoms with Gasteiger partial charge >= 0.3 is 5.97 Å². The van der Waals surface area contributed by atoms with Crippen LogP contribution in [0.1, 0.15) is 31.2 Å². The predicted octanol–water partition coefficient (Wildman–Crippen LogP) is 3.14. The van der Waals surface area contributed by atoms with Crippen molar-refractivity contribution in [2.24, 2.45) is 0 Å². The fourth-order valence-electron chi connectivity index (χ4n) is 3.38. The van der Waals surface area contributed by atoms with Gasteiger partial charge in [-0.25, -0.2) is 0 Å². The van der Waals surface area contributed by atoms with Crippen molar-refractivity contribution in [1.29, 1.82) is 0 Å². The van der Waals surface area contributed by atoms with Crippen LogP contribution < -0.4 is 0 Å². The topological polar surface area (TPSA) is 45.5 Å². The SMILES string of the molecule is O=C(O)Cc1ccc2c(ccn2CCCN2CCCCC2)c1. The lowest BCUT2D eigenvalue weighted by Crippen LogP contribution is -2.31. The van der Waals surface area contributed by atoms with Crippen molar-refractivity contribution >= 4 is 16.9 Å². The van der Waals surface area contributed by atoms with Crippen molar-refractivity contribution in [1.82, 2.24) is 9.47 Å². The molecule has 0 amide bonds. The molecule has 1 aliphatic heterocycles. The largest absolute Gasteiger partial charge is 0.481 e. The van der Waals surface area contributed by atoms with Crippen LogP contribution in [-0.4, -0.2) is 40.2 Å². The van der Waals surface area contributed by atoms with E-state index in [9.17, 15) is 4.79 Å². The summed E-state index contributed by atoms with van der Waals surface area (Å²) in [6.07, 6.45) is 7.46. The van der Waals surface area contributed by atoms with Gasteiger partial charge in [-0.05, 0) is 68.0 Å². The highest BCUT2D eigenvalue weighted by atomic mass is 16.4. The van der Waals surface area contributed by atoms with Crippen LogP contribution in [0, 0.1) is 0 Å². The van der Waals surface area contributed by atoms with Gasteiger partial charge in [0.25, 0.3) is 0 Å². The number of rotatable bonds is 6. The molecule has 1 aromatic heterocycles. The Morgan fingerprint density at radius 2 is 1.91 bits per heavy atom. The monoisotopic (exact) mass is 300 g/mol. The number of carbonyl (C=O) groups is 1. The van der Waals surface area contributed by atoms with Gasteiger partial charge in [-0.1, -0.05) is 12.5 Å². The Morgan fingerprint density at radius 1 is 1.09 bits per heavy atom. The molecule has 1 aliphatic rings. The van der Waals surface area contributed by atoms with E-state index in [0.29, 0.717) is 0 Å². The van der Waals surface area contributed by atoms with Crippen molar-refractivity contribution in [2.45, 2.75) is 38.6 Å². The molecule has 2 aromatic rings. The third kappa shape index (κ3) is 3.69. The zero-order chi connectivity index (χ0) is 15.4. The highest BCUT2D eigenvalue weighted by molar-refractivity contribution is 5.82. The summed E-state index contributed by atoms with van der Waals surface area (Å²) in [4.78, 5) is 13.4. The van der Waals surface area contributed by atoms with Gasteiger partial charge < -0.3 is 14.6 Å². The van der Waals surface area contributed by atoms with Gasteiger partial charge in [0.05, 0.1) is 6.42 Å². The molecule has 1 fully saturated rings. The standard InChI is InChI=1S/C18H24N2O2/c21-18(22)14-15-5-6-17-16(13-15)7-12-20(17)11-4-10-19-8-2-1-3-9-19/h5-7,12-13H,1-4,8-11,14H2,(H,21,22). The van der Waals surface area contributed by atoms with E-state index >= 15 is 0 Å². The zero-order valence-electron chi connectivity index (χ0n) is 13.0. The van der Waals surface area contributed by atoms with Crippen LogP contribution in [0.4, 0.5) is 0 Å². The van der Waals surface area contributed by atoms with Crippen LogP contribution in [0.2, 0.25) is 0 Å². The van der Waals surface area contributed by atoms with E-state index < -0.39 is 5.97 Å². The van der Waals surface area contributed by atoms with Crippen molar-refractivity contribution < 1.29 is 9.90 Å². The van der Waals surface area contributed by atoms with Crippen molar-refractivity contribution in [2.75, 3.05) is 19.6 Å². The maximum absolute atomic E-state index is 10.8. The van der Waals surface area contributed by atoms with Gasteiger partial charge in [-0.2, -0.15) is 0 Å². The molecule has 22 heavy (non-hydrogen) atoms. The van der Waals surface area contributed by atoms with Gasteiger partial charge in [0.15, 0.2) is 0 Å². The molecule has 0 unspecified atom stereocenters. The zero-order valence-corrected chi connectivity index (χ0v) is 13.0. The summed E-state index contributed by atoms with van der Waals surface area (Å²) in [5.41, 5.74) is 2.07. The van der Waals surface area contributed by atoms with Crippen LogP contribution in [-0.2, 0) is 17.8 Å². The molecular weight excluding hydrogens is 276 g/mol. The van der Waals surface area contributed by atoms with E-state index in [1.54, 1.807) is 0 Å². The van der Waals surface area contributed by atoms with Crippen LogP contribution in [0.3, 0.4) is 0 Å². The van der Waals surface area contributed by atoms with E-state index in [1.165, 1.54) is 50.8 Å². The minimum atomic E-state index is -0.777. The first-order chi connectivity index (χ1) is 10.7. The molecule has 4 heteroatoms. The van der Waals surface area contributed by atoms with Gasteiger partial charge in [-0.3, -0.25) is 4.79 Å². The van der Waals surface area contributed by atoms with Crippen LogP contribution in [0.25, 0.3) is 10.9 Å². The normalized spacial score (nSPS) is 16.2. The average Bonchev–Trinajstić information content (AvgIpc) is 2.90. The Hall–Kier alpha value is -1.81. The summed E-state index contributed by atoms with van der Waals surface area (Å²) in [5, 5.41) is 10.0. The lowest BCUT2D eigenvalue weighted by Gasteiger charge is -2.26. The van der Waals surface area contributed by atoms with Crippen LogP contribution in [0.15, 0.2) is 30.5 Å². The first-order valence-corrected chi connectivity index (χ1v) is 8.24. The molecule has 0 aliphatic carbocycles. The molecule has 0 spiro atoms. The summed E-state index contributed by atoms with van der Waals surface area (Å²) in [7, 11) is 0. The molecule has 0 atom stereocenters. The Morgan fingerprint density at radius 3 is 2.68 bits per heavy atom. The number of hydrogen-bond donors (Lipinski definition) is 1. The number of nitrogens with zero attached hydrogens (tertiary/aromatic N) is 2. The number of aryl methyl sites for hydroxylation is 1. The van der Waals surface area contributed by atoms with E-state index in [1.807, 2.05) is 12.1 Å². The van der Waals surface area contributed by atoms with Crippen molar-refractivity contribution in [3.05, 3.63) is 36.0 Å². The third-order valence-corrected chi connectivity index (χ3v) is 4.51. The molecule has 1 saturated heterocycles. The van der Waals surface area contributed by atoms with Gasteiger partial charge in [0.2, 0.25) is 0 Å². The van der Waals surface area contributed by atoms with Crippen molar-refractivity contribution in [3.8, 4) is 0 Å². The number of aliphatic carboxylic acids is 1. The quantitative estimate of drug-likeness (QED) is 0.891. The number of hydrogen-bond acceptors (Lipinski definition) is 2. The summed E-state index contributed by atoms with van der Waals surface area (Å²) < 4.78 is 2.28. The molecule has 2 heterocycles. The maximum atomic E-state index is 10.8. The minimum Gasteiger partial charge on any atom is -0.481 e. The lowest BCUT2D eigenvalue weighted by molar-refractivity contribution is -0.136. The second-order valence-corrected chi connectivity index (χ2v) is 6.23. The molecule has 118 valence electrons. The number of carboxylic acids is 1. The number of aromatic nitrogens is 1. The molecular formula is C18H24N2O2. The number of likely N-dealkylation sites (tertiary alicyclic amines) is 1. The second-order valence-electron chi connectivity index (χ2n) is 6.23. The first-order valence-electron chi connectivity index (χ1n) is 8.24. The molecule has 0 saturated carbocycles. The fourth-order valence-corrected chi connectivity index (χ4v) is 3.38. The van der Waals surface area contributed by atoms with Crippen LogP contribution in [0.5, 0.6) is 0 Å². The van der Waals surface area contributed by atoms with E-state index in [2.05, 4.69) is 27.8 Å². The second kappa shape index (κ2) is 6.97. The summed E-state index contributed by atoms with van der Waals surface area (Å²) >= 11 is 0. The third-order valence-electron chi connectivity index (χ3n) is 4.51. The lowest BCUT2D eigenvalue weighted by atomic mass is 10.1. The van der Waals surface area contributed by atoms with E-state index in [0.717, 1.165) is 17.5 Å². The molecule has 1 N–H and O–H groups in total. The van der Waals surface area contributed by atoms with Crippen LogP contribution >= 0.6 is 0 Å².